The van der Waals surface area contributed by atoms with Crippen LogP contribution in [0, 0.1) is 5.82 Å². The van der Waals surface area contributed by atoms with E-state index in [2.05, 4.69) is 5.32 Å². The zero-order valence-electron chi connectivity index (χ0n) is 10.5. The van der Waals surface area contributed by atoms with Gasteiger partial charge in [-0.05, 0) is 19.7 Å². The lowest BCUT2D eigenvalue weighted by Gasteiger charge is -2.21. The molecule has 0 fully saturated rings. The van der Waals surface area contributed by atoms with E-state index in [1.54, 1.807) is 12.1 Å². The summed E-state index contributed by atoms with van der Waals surface area (Å²) in [6.45, 7) is 4.44. The van der Waals surface area contributed by atoms with Crippen LogP contribution in [-0.2, 0) is 6.54 Å². The molecule has 4 heteroatoms. The summed E-state index contributed by atoms with van der Waals surface area (Å²) in [7, 11) is 1.88. The summed E-state index contributed by atoms with van der Waals surface area (Å²) >= 11 is 0. The van der Waals surface area contributed by atoms with Gasteiger partial charge in [0.25, 0.3) is 0 Å². The number of aliphatic hydroxyl groups excluding tert-OH is 1. The third-order valence-corrected chi connectivity index (χ3v) is 2.55. The Morgan fingerprint density at radius 3 is 2.76 bits per heavy atom. The Bertz CT molecular complexity index is 333. The molecule has 1 aromatic carbocycles. The standard InChI is InChI=1S/C13H21FN2O/c1-3-15-8-12(17)10-16(2)9-11-6-4-5-7-13(11)14/h4-7,12,15,17H,3,8-10H2,1-2H3. The number of benzene rings is 1. The Balaban J connectivity index is 2.39. The molecule has 96 valence electrons. The minimum atomic E-state index is -0.424. The number of likely N-dealkylation sites (N-methyl/N-ethyl adjacent to an activating group) is 2. The second kappa shape index (κ2) is 7.37. The van der Waals surface area contributed by atoms with Crippen molar-refractivity contribution < 1.29 is 9.50 Å². The van der Waals surface area contributed by atoms with Crippen LogP contribution in [0.5, 0.6) is 0 Å². The van der Waals surface area contributed by atoms with E-state index in [0.29, 0.717) is 25.2 Å². The SMILES string of the molecule is CCNCC(O)CN(C)Cc1ccccc1F. The summed E-state index contributed by atoms with van der Waals surface area (Å²) in [6.07, 6.45) is -0.424. The second-order valence-electron chi connectivity index (χ2n) is 4.25. The van der Waals surface area contributed by atoms with Crippen LogP contribution in [0.1, 0.15) is 12.5 Å². The lowest BCUT2D eigenvalue weighted by Crippen LogP contribution is -2.36. The van der Waals surface area contributed by atoms with Crippen molar-refractivity contribution in [2.24, 2.45) is 0 Å². The van der Waals surface area contributed by atoms with Gasteiger partial charge in [-0.3, -0.25) is 4.90 Å². The Kier molecular flexibility index (Phi) is 6.11. The van der Waals surface area contributed by atoms with Gasteiger partial charge in [-0.2, -0.15) is 0 Å². The Morgan fingerprint density at radius 2 is 2.12 bits per heavy atom. The van der Waals surface area contributed by atoms with Gasteiger partial charge in [0, 0.05) is 25.2 Å². The number of nitrogens with one attached hydrogen (secondary N) is 1. The molecule has 0 aromatic heterocycles. The molecule has 0 saturated heterocycles. The molecule has 0 aliphatic heterocycles. The summed E-state index contributed by atoms with van der Waals surface area (Å²) in [5.41, 5.74) is 0.658. The maximum absolute atomic E-state index is 13.4. The molecule has 2 N–H and O–H groups in total. The van der Waals surface area contributed by atoms with Crippen LogP contribution < -0.4 is 5.32 Å². The van der Waals surface area contributed by atoms with Crippen LogP contribution in [0.4, 0.5) is 4.39 Å². The van der Waals surface area contributed by atoms with E-state index >= 15 is 0 Å². The predicted molar refractivity (Wildman–Crippen MR) is 67.3 cm³/mol. The third-order valence-electron chi connectivity index (χ3n) is 2.55. The van der Waals surface area contributed by atoms with Gasteiger partial charge in [-0.15, -0.1) is 0 Å². The van der Waals surface area contributed by atoms with E-state index in [0.717, 1.165) is 6.54 Å². The van der Waals surface area contributed by atoms with Crippen LogP contribution in [-0.4, -0.2) is 42.8 Å². The summed E-state index contributed by atoms with van der Waals surface area (Å²) < 4.78 is 13.4. The van der Waals surface area contributed by atoms with Crippen molar-refractivity contribution in [2.45, 2.75) is 19.6 Å². The van der Waals surface area contributed by atoms with E-state index in [1.807, 2.05) is 24.9 Å². The molecule has 0 spiro atoms. The average molecular weight is 240 g/mol. The molecular formula is C13H21FN2O. The molecule has 0 radical (unpaired) electrons. The average Bonchev–Trinajstić information content (AvgIpc) is 2.29. The topological polar surface area (TPSA) is 35.5 Å². The van der Waals surface area contributed by atoms with Gasteiger partial charge in [-0.25, -0.2) is 4.39 Å². The normalized spacial score (nSPS) is 13.0. The molecule has 1 rings (SSSR count). The van der Waals surface area contributed by atoms with E-state index in [1.165, 1.54) is 6.07 Å². The Labute approximate surface area is 102 Å². The highest BCUT2D eigenvalue weighted by Crippen LogP contribution is 2.08. The first-order valence-electron chi connectivity index (χ1n) is 5.94. The zero-order chi connectivity index (χ0) is 12.7. The molecule has 3 nitrogen and oxygen atoms in total. The molecule has 1 aromatic rings. The smallest absolute Gasteiger partial charge is 0.127 e. The van der Waals surface area contributed by atoms with Crippen LogP contribution in [0.25, 0.3) is 0 Å². The number of aliphatic hydroxyl groups is 1. The summed E-state index contributed by atoms with van der Waals surface area (Å²) in [4.78, 5) is 1.92. The minimum Gasteiger partial charge on any atom is -0.390 e. The highest BCUT2D eigenvalue weighted by atomic mass is 19.1. The summed E-state index contributed by atoms with van der Waals surface area (Å²) in [5, 5.41) is 12.8. The molecule has 0 saturated carbocycles. The van der Waals surface area contributed by atoms with Crippen LogP contribution in [0.2, 0.25) is 0 Å². The quantitative estimate of drug-likeness (QED) is 0.752. The number of nitrogens with zero attached hydrogens (tertiary/aromatic N) is 1. The van der Waals surface area contributed by atoms with Crippen molar-refractivity contribution in [2.75, 3.05) is 26.7 Å². The first-order valence-corrected chi connectivity index (χ1v) is 5.94. The van der Waals surface area contributed by atoms with Crippen molar-refractivity contribution in [1.29, 1.82) is 0 Å². The first-order chi connectivity index (χ1) is 8.13. The highest BCUT2D eigenvalue weighted by Gasteiger charge is 2.09. The van der Waals surface area contributed by atoms with Crippen LogP contribution >= 0.6 is 0 Å². The van der Waals surface area contributed by atoms with E-state index in [4.69, 9.17) is 0 Å². The zero-order valence-corrected chi connectivity index (χ0v) is 10.5. The van der Waals surface area contributed by atoms with Crippen LogP contribution in [0.15, 0.2) is 24.3 Å². The predicted octanol–water partition coefficient (Wildman–Crippen LogP) is 1.23. The van der Waals surface area contributed by atoms with Crippen molar-refractivity contribution in [3.8, 4) is 0 Å². The highest BCUT2D eigenvalue weighted by molar-refractivity contribution is 5.16. The molecular weight excluding hydrogens is 219 g/mol. The fourth-order valence-electron chi connectivity index (χ4n) is 1.72. The molecule has 1 unspecified atom stereocenters. The van der Waals surface area contributed by atoms with E-state index < -0.39 is 6.10 Å². The van der Waals surface area contributed by atoms with E-state index in [-0.39, 0.29) is 5.82 Å². The molecule has 0 amide bonds. The van der Waals surface area contributed by atoms with Gasteiger partial charge in [-0.1, -0.05) is 25.1 Å². The van der Waals surface area contributed by atoms with Crippen molar-refractivity contribution in [3.63, 3.8) is 0 Å². The van der Waals surface area contributed by atoms with Crippen molar-refractivity contribution in [1.82, 2.24) is 10.2 Å². The number of hydrogen-bond acceptors (Lipinski definition) is 3. The molecule has 17 heavy (non-hydrogen) atoms. The molecule has 0 bridgehead atoms. The van der Waals surface area contributed by atoms with Gasteiger partial charge in [0.05, 0.1) is 6.10 Å². The van der Waals surface area contributed by atoms with E-state index in [9.17, 15) is 9.50 Å². The monoisotopic (exact) mass is 240 g/mol. The van der Waals surface area contributed by atoms with Crippen LogP contribution in [0.3, 0.4) is 0 Å². The molecule has 0 heterocycles. The minimum absolute atomic E-state index is 0.194. The Morgan fingerprint density at radius 1 is 1.41 bits per heavy atom. The van der Waals surface area contributed by atoms with Gasteiger partial charge in [0.1, 0.15) is 5.82 Å². The lowest BCUT2D eigenvalue weighted by molar-refractivity contribution is 0.121. The van der Waals surface area contributed by atoms with Gasteiger partial charge in [0.2, 0.25) is 0 Å². The van der Waals surface area contributed by atoms with Crippen molar-refractivity contribution >= 4 is 0 Å². The first kappa shape index (κ1) is 14.1. The second-order valence-corrected chi connectivity index (χ2v) is 4.25. The lowest BCUT2D eigenvalue weighted by atomic mass is 10.2. The maximum atomic E-state index is 13.4. The molecule has 1 atom stereocenters. The fraction of sp³-hybridized carbons (Fsp3) is 0.538. The number of halogens is 1. The summed E-state index contributed by atoms with van der Waals surface area (Å²) in [6, 6.07) is 6.72. The fourth-order valence-corrected chi connectivity index (χ4v) is 1.72. The largest absolute Gasteiger partial charge is 0.390 e. The summed E-state index contributed by atoms with van der Waals surface area (Å²) in [5.74, 6) is -0.194. The van der Waals surface area contributed by atoms with Gasteiger partial charge >= 0.3 is 0 Å². The molecule has 0 aliphatic rings. The molecule has 0 aliphatic carbocycles. The Hall–Kier alpha value is -0.970. The van der Waals surface area contributed by atoms with Crippen molar-refractivity contribution in [3.05, 3.63) is 35.6 Å². The maximum Gasteiger partial charge on any atom is 0.127 e. The van der Waals surface area contributed by atoms with Gasteiger partial charge < -0.3 is 10.4 Å². The number of hydrogen-bond donors (Lipinski definition) is 2. The van der Waals surface area contributed by atoms with Gasteiger partial charge in [0.15, 0.2) is 0 Å². The number of rotatable bonds is 7. The third kappa shape index (κ3) is 5.26.